The van der Waals surface area contributed by atoms with Crippen molar-refractivity contribution in [1.29, 1.82) is 0 Å². The van der Waals surface area contributed by atoms with Crippen LogP contribution in [0, 0.1) is 0 Å². The number of fused-ring (bicyclic) bond motifs is 1. The molecule has 0 bridgehead atoms. The van der Waals surface area contributed by atoms with Gasteiger partial charge in [0.25, 0.3) is 0 Å². The monoisotopic (exact) mass is 600 g/mol. The molecule has 0 radical (unpaired) electrons. The van der Waals surface area contributed by atoms with E-state index < -0.39 is 41.0 Å². The number of halogens is 1. The first-order valence-electron chi connectivity index (χ1n) is 13.9. The number of hydrogen-bond acceptors (Lipinski definition) is 9. The minimum absolute atomic E-state index is 0.000228. The fourth-order valence-corrected chi connectivity index (χ4v) is 5.29. The molecule has 10 nitrogen and oxygen atoms in total. The number of piperidine rings is 1. The number of benzene rings is 2. The van der Waals surface area contributed by atoms with E-state index in [0.29, 0.717) is 48.6 Å². The molecule has 1 aliphatic rings. The number of aromatic hydroxyl groups is 1. The maximum atomic E-state index is 13.4. The van der Waals surface area contributed by atoms with E-state index in [1.807, 2.05) is 18.9 Å². The highest BCUT2D eigenvalue weighted by Crippen LogP contribution is 2.44. The number of amides is 1. The Morgan fingerprint density at radius 2 is 1.93 bits per heavy atom. The first-order chi connectivity index (χ1) is 19.8. The number of likely N-dealkylation sites (N-methyl/N-ethyl adjacent to an activating group) is 1. The van der Waals surface area contributed by atoms with Gasteiger partial charge in [-0.1, -0.05) is 30.7 Å². The Bertz CT molecular complexity index is 1530. The molecule has 3 aromatic rings. The van der Waals surface area contributed by atoms with E-state index in [9.17, 15) is 19.5 Å². The van der Waals surface area contributed by atoms with Crippen LogP contribution in [0.3, 0.4) is 0 Å². The topological polar surface area (TPSA) is 119 Å². The molecule has 2 heterocycles. The van der Waals surface area contributed by atoms with E-state index in [4.69, 9.17) is 30.2 Å². The van der Waals surface area contributed by atoms with Crippen molar-refractivity contribution in [3.63, 3.8) is 0 Å². The van der Waals surface area contributed by atoms with Crippen LogP contribution in [0.15, 0.2) is 45.6 Å². The highest BCUT2D eigenvalue weighted by molar-refractivity contribution is 6.33. The summed E-state index contributed by atoms with van der Waals surface area (Å²) >= 11 is 6.43. The lowest BCUT2D eigenvalue weighted by Crippen LogP contribution is -2.44. The molecule has 0 unspecified atom stereocenters. The largest absolute Gasteiger partial charge is 0.509 e. The fourth-order valence-electron chi connectivity index (χ4n) is 5.06. The summed E-state index contributed by atoms with van der Waals surface area (Å²) in [6.07, 6.45) is -1.10. The van der Waals surface area contributed by atoms with Crippen molar-refractivity contribution in [3.8, 4) is 22.8 Å². The number of ether oxygens (including phenoxy) is 3. The SMILES string of the molecule is CCCN(C)C(=O)Oc1cc(O)c2c(=O)cc(-c3ccccc3Cl)oc2c1[C@H]1CCN(C)C[C@H]1OC(=O)OC(C)(C)C. The van der Waals surface area contributed by atoms with Crippen LogP contribution in [-0.2, 0) is 9.47 Å². The van der Waals surface area contributed by atoms with Crippen molar-refractivity contribution in [2.45, 2.75) is 58.2 Å². The lowest BCUT2D eigenvalue weighted by atomic mass is 9.85. The zero-order valence-electron chi connectivity index (χ0n) is 24.7. The van der Waals surface area contributed by atoms with E-state index in [2.05, 4.69) is 0 Å². The van der Waals surface area contributed by atoms with Crippen molar-refractivity contribution < 1.29 is 33.3 Å². The van der Waals surface area contributed by atoms with Gasteiger partial charge in [-0.3, -0.25) is 4.79 Å². The van der Waals surface area contributed by atoms with Crippen molar-refractivity contribution in [3.05, 3.63) is 57.2 Å². The second-order valence-corrected chi connectivity index (χ2v) is 11.9. The van der Waals surface area contributed by atoms with Crippen LogP contribution in [0.1, 0.15) is 52.0 Å². The molecule has 0 aliphatic carbocycles. The van der Waals surface area contributed by atoms with Gasteiger partial charge in [0.1, 0.15) is 39.9 Å². The standard InChI is InChI=1S/C31H37ClN2O8/c1-7-13-34(6)29(37)40-24-16-22(36)27-21(35)15-23(18-10-8-9-11-20(18)32)39-28(27)26(24)19-12-14-33(5)17-25(19)41-30(38)42-31(2,3)4/h8-11,15-16,19,25,36H,7,12-14,17H2,1-6H3/t19-,25+/m0/s1. The summed E-state index contributed by atoms with van der Waals surface area (Å²) in [6, 6.07) is 9.39. The Balaban J connectivity index is 1.95. The molecule has 1 aromatic heterocycles. The normalized spacial score (nSPS) is 17.6. The van der Waals surface area contributed by atoms with Crippen LogP contribution >= 0.6 is 11.6 Å². The quantitative estimate of drug-likeness (QED) is 0.321. The van der Waals surface area contributed by atoms with Crippen molar-refractivity contribution in [2.75, 3.05) is 33.7 Å². The zero-order chi connectivity index (χ0) is 30.8. The number of likely N-dealkylation sites (tertiary alicyclic amines) is 1. The molecule has 11 heteroatoms. The number of phenols is 1. The number of phenolic OH excluding ortho intramolecular Hbond substituents is 1. The summed E-state index contributed by atoms with van der Waals surface area (Å²) in [4.78, 5) is 42.7. The molecule has 1 N–H and O–H groups in total. The zero-order valence-corrected chi connectivity index (χ0v) is 25.5. The van der Waals surface area contributed by atoms with Gasteiger partial charge in [0.05, 0.1) is 5.02 Å². The Kier molecular flexibility index (Phi) is 9.37. The third-order valence-corrected chi connectivity index (χ3v) is 7.29. The van der Waals surface area contributed by atoms with Crippen LogP contribution in [0.4, 0.5) is 9.59 Å². The molecule has 2 aromatic carbocycles. The van der Waals surface area contributed by atoms with E-state index >= 15 is 0 Å². The lowest BCUT2D eigenvalue weighted by molar-refractivity contribution is -0.0461. The first kappa shape index (κ1) is 31.2. The minimum atomic E-state index is -0.852. The molecule has 226 valence electrons. The third-order valence-electron chi connectivity index (χ3n) is 6.96. The number of carbonyl (C=O) groups is 2. The summed E-state index contributed by atoms with van der Waals surface area (Å²) in [5, 5.41) is 11.3. The van der Waals surface area contributed by atoms with E-state index in [0.717, 1.165) is 0 Å². The molecule has 1 fully saturated rings. The summed E-state index contributed by atoms with van der Waals surface area (Å²) in [5.41, 5.74) is -0.471. The van der Waals surface area contributed by atoms with Crippen molar-refractivity contribution in [2.24, 2.45) is 0 Å². The van der Waals surface area contributed by atoms with Gasteiger partial charge in [0, 0.05) is 49.3 Å². The predicted molar refractivity (Wildman–Crippen MR) is 160 cm³/mol. The molecule has 1 amide bonds. The maximum absolute atomic E-state index is 13.4. The van der Waals surface area contributed by atoms with Gasteiger partial charge < -0.3 is 33.5 Å². The molecule has 0 saturated carbocycles. The number of nitrogens with zero attached hydrogens (tertiary/aromatic N) is 2. The van der Waals surface area contributed by atoms with Crippen molar-refractivity contribution >= 4 is 34.8 Å². The van der Waals surface area contributed by atoms with Gasteiger partial charge in [0.2, 0.25) is 0 Å². The van der Waals surface area contributed by atoms with Crippen LogP contribution in [-0.4, -0.2) is 72.6 Å². The molecule has 4 rings (SSSR count). The highest BCUT2D eigenvalue weighted by atomic mass is 35.5. The predicted octanol–water partition coefficient (Wildman–Crippen LogP) is 6.40. The summed E-state index contributed by atoms with van der Waals surface area (Å²) in [5.74, 6) is -0.824. The second-order valence-electron chi connectivity index (χ2n) is 11.5. The van der Waals surface area contributed by atoms with Crippen LogP contribution < -0.4 is 10.2 Å². The Morgan fingerprint density at radius 3 is 2.60 bits per heavy atom. The van der Waals surface area contributed by atoms with Gasteiger partial charge in [-0.15, -0.1) is 0 Å². The maximum Gasteiger partial charge on any atom is 0.509 e. The average Bonchev–Trinajstić information content (AvgIpc) is 2.88. The lowest BCUT2D eigenvalue weighted by Gasteiger charge is -2.37. The van der Waals surface area contributed by atoms with Crippen LogP contribution in [0.2, 0.25) is 5.02 Å². The van der Waals surface area contributed by atoms with Gasteiger partial charge in [-0.2, -0.15) is 0 Å². The van der Waals surface area contributed by atoms with Gasteiger partial charge in [-0.25, -0.2) is 9.59 Å². The average molecular weight is 601 g/mol. The molecular weight excluding hydrogens is 564 g/mol. The highest BCUT2D eigenvalue weighted by Gasteiger charge is 2.38. The summed E-state index contributed by atoms with van der Waals surface area (Å²) in [7, 11) is 3.50. The van der Waals surface area contributed by atoms with E-state index in [-0.39, 0.29) is 22.5 Å². The van der Waals surface area contributed by atoms with Gasteiger partial charge >= 0.3 is 12.2 Å². The van der Waals surface area contributed by atoms with Gasteiger partial charge in [0.15, 0.2) is 5.43 Å². The Morgan fingerprint density at radius 1 is 1.21 bits per heavy atom. The Labute approximate surface area is 249 Å². The number of hydrogen-bond donors (Lipinski definition) is 1. The Hall–Kier alpha value is -3.76. The van der Waals surface area contributed by atoms with Crippen LogP contribution in [0.5, 0.6) is 11.5 Å². The minimum Gasteiger partial charge on any atom is -0.507 e. The third kappa shape index (κ3) is 6.99. The molecule has 1 saturated heterocycles. The second kappa shape index (κ2) is 12.6. The number of rotatable bonds is 6. The molecular formula is C31H37ClN2O8. The molecule has 0 spiro atoms. The van der Waals surface area contributed by atoms with Gasteiger partial charge in [-0.05, 0) is 59.3 Å². The van der Waals surface area contributed by atoms with Crippen molar-refractivity contribution in [1.82, 2.24) is 9.80 Å². The van der Waals surface area contributed by atoms with E-state index in [1.165, 1.54) is 17.0 Å². The smallest absolute Gasteiger partial charge is 0.507 e. The molecule has 1 aliphatic heterocycles. The first-order valence-corrected chi connectivity index (χ1v) is 14.3. The molecule has 42 heavy (non-hydrogen) atoms. The summed E-state index contributed by atoms with van der Waals surface area (Å²) in [6.45, 7) is 8.53. The van der Waals surface area contributed by atoms with Crippen LogP contribution in [0.25, 0.3) is 22.3 Å². The summed E-state index contributed by atoms with van der Waals surface area (Å²) < 4.78 is 23.4. The molecule has 2 atom stereocenters. The fraction of sp³-hybridized carbons (Fsp3) is 0.452. The number of carbonyl (C=O) groups excluding carboxylic acids is 2. The van der Waals surface area contributed by atoms with E-state index in [1.54, 1.807) is 52.1 Å².